The van der Waals surface area contributed by atoms with Crippen molar-refractivity contribution in [3.63, 3.8) is 0 Å². The van der Waals surface area contributed by atoms with Gasteiger partial charge in [0, 0.05) is 5.56 Å². The molecule has 14 heavy (non-hydrogen) atoms. The van der Waals surface area contributed by atoms with Crippen LogP contribution in [0.25, 0.3) is 5.76 Å². The molecule has 0 aliphatic heterocycles. The van der Waals surface area contributed by atoms with Crippen molar-refractivity contribution >= 4 is 11.7 Å². The second-order valence-corrected chi connectivity index (χ2v) is 2.87. The Labute approximate surface area is 82.6 Å². The molecule has 0 amide bonds. The van der Waals surface area contributed by atoms with Crippen LogP contribution in [0.5, 0.6) is 0 Å². The Kier molecular flexibility index (Phi) is 3.29. The molecule has 0 saturated heterocycles. The van der Waals surface area contributed by atoms with Crippen molar-refractivity contribution in [2.24, 2.45) is 0 Å². The minimum Gasteiger partial charge on any atom is -0.496 e. The maximum atomic E-state index is 10.5. The van der Waals surface area contributed by atoms with Gasteiger partial charge in [0.2, 0.25) is 0 Å². The lowest BCUT2D eigenvalue weighted by molar-refractivity contribution is -0.131. The highest BCUT2D eigenvalue weighted by atomic mass is 16.5. The number of hydrogen-bond donors (Lipinski definition) is 1. The van der Waals surface area contributed by atoms with Gasteiger partial charge in [-0.2, -0.15) is 0 Å². The van der Waals surface area contributed by atoms with Gasteiger partial charge in [-0.05, 0) is 12.5 Å². The number of carbonyl (C=O) groups is 1. The zero-order valence-corrected chi connectivity index (χ0v) is 8.15. The molecule has 0 radical (unpaired) electrons. The largest absolute Gasteiger partial charge is 0.496 e. The lowest BCUT2D eigenvalue weighted by atomic mass is 10.1. The van der Waals surface area contributed by atoms with Gasteiger partial charge in [0.05, 0.1) is 13.2 Å². The summed E-state index contributed by atoms with van der Waals surface area (Å²) >= 11 is 0. The highest BCUT2D eigenvalue weighted by Crippen LogP contribution is 2.18. The highest BCUT2D eigenvalue weighted by molar-refractivity contribution is 5.88. The van der Waals surface area contributed by atoms with Crippen molar-refractivity contribution in [3.8, 4) is 0 Å². The van der Waals surface area contributed by atoms with Crippen LogP contribution in [0.1, 0.15) is 11.1 Å². The summed E-state index contributed by atoms with van der Waals surface area (Å²) < 4.78 is 5.01. The van der Waals surface area contributed by atoms with Crippen molar-refractivity contribution < 1.29 is 14.6 Å². The molecule has 0 fully saturated rings. The van der Waals surface area contributed by atoms with Gasteiger partial charge < -0.3 is 9.84 Å². The summed E-state index contributed by atoms with van der Waals surface area (Å²) in [5.41, 5.74) is 1.79. The molecule has 0 unspecified atom stereocenters. The molecule has 0 aliphatic rings. The van der Waals surface area contributed by atoms with Crippen molar-refractivity contribution in [1.29, 1.82) is 0 Å². The average molecular weight is 192 g/mol. The van der Waals surface area contributed by atoms with Crippen molar-refractivity contribution in [2.75, 3.05) is 7.11 Å². The standard InChI is InChI=1S/C11H12O3/c1-8-5-3-4-6-9(8)10(14-2)7-11(12)13/h3-7H,1-2H3,(H,12,13)/b10-7+. The monoisotopic (exact) mass is 192 g/mol. The predicted molar refractivity (Wildman–Crippen MR) is 53.8 cm³/mol. The van der Waals surface area contributed by atoms with E-state index in [0.29, 0.717) is 5.76 Å². The second kappa shape index (κ2) is 4.46. The number of aliphatic carboxylic acids is 1. The SMILES string of the molecule is CO/C(=C/C(=O)O)c1ccccc1C. The zero-order valence-electron chi connectivity index (χ0n) is 8.15. The predicted octanol–water partition coefficient (Wildman–Crippen LogP) is 2.07. The molecule has 0 aliphatic carbocycles. The molecule has 0 spiro atoms. The van der Waals surface area contributed by atoms with E-state index in [2.05, 4.69) is 0 Å². The first-order valence-electron chi connectivity index (χ1n) is 4.19. The van der Waals surface area contributed by atoms with Gasteiger partial charge in [0.1, 0.15) is 5.76 Å². The molecule has 1 aromatic carbocycles. The first-order valence-corrected chi connectivity index (χ1v) is 4.19. The molecule has 0 saturated carbocycles. The summed E-state index contributed by atoms with van der Waals surface area (Å²) in [5, 5.41) is 8.61. The van der Waals surface area contributed by atoms with Gasteiger partial charge in [0.25, 0.3) is 0 Å². The molecule has 1 N–H and O–H groups in total. The normalized spacial score (nSPS) is 11.1. The Balaban J connectivity index is 3.13. The number of hydrogen-bond acceptors (Lipinski definition) is 2. The van der Waals surface area contributed by atoms with Crippen LogP contribution in [0.4, 0.5) is 0 Å². The van der Waals surface area contributed by atoms with Crippen molar-refractivity contribution in [3.05, 3.63) is 41.5 Å². The van der Waals surface area contributed by atoms with Crippen LogP contribution in [0.3, 0.4) is 0 Å². The minimum atomic E-state index is -1.01. The van der Waals surface area contributed by atoms with E-state index in [0.717, 1.165) is 17.2 Å². The van der Waals surface area contributed by atoms with E-state index in [1.54, 1.807) is 0 Å². The highest BCUT2D eigenvalue weighted by Gasteiger charge is 2.05. The molecular weight excluding hydrogens is 180 g/mol. The average Bonchev–Trinajstić information content (AvgIpc) is 2.15. The summed E-state index contributed by atoms with van der Waals surface area (Å²) in [6.45, 7) is 1.91. The molecule has 1 rings (SSSR count). The maximum Gasteiger partial charge on any atom is 0.332 e. The number of carboxylic acid groups (broad SMARTS) is 1. The number of carboxylic acids is 1. The van der Waals surface area contributed by atoms with Gasteiger partial charge >= 0.3 is 5.97 Å². The fraction of sp³-hybridized carbons (Fsp3) is 0.182. The first kappa shape index (κ1) is 10.3. The summed E-state index contributed by atoms with van der Waals surface area (Å²) in [6, 6.07) is 7.47. The Hall–Kier alpha value is -1.77. The number of aryl methyl sites for hydroxylation is 1. The fourth-order valence-corrected chi connectivity index (χ4v) is 1.21. The Bertz CT molecular complexity index is 367. The lowest BCUT2D eigenvalue weighted by Gasteiger charge is -2.07. The van der Waals surface area contributed by atoms with Crippen LogP contribution in [-0.4, -0.2) is 18.2 Å². The molecule has 3 nitrogen and oxygen atoms in total. The molecular formula is C11H12O3. The maximum absolute atomic E-state index is 10.5. The molecule has 0 aromatic heterocycles. The number of benzene rings is 1. The molecule has 0 atom stereocenters. The van der Waals surface area contributed by atoms with Crippen LogP contribution in [0.2, 0.25) is 0 Å². The number of methoxy groups -OCH3 is 1. The van der Waals surface area contributed by atoms with E-state index in [1.165, 1.54) is 7.11 Å². The number of rotatable bonds is 3. The summed E-state index contributed by atoms with van der Waals surface area (Å²) in [6.07, 6.45) is 1.06. The molecule has 74 valence electrons. The Morgan fingerprint density at radius 1 is 1.43 bits per heavy atom. The lowest BCUT2D eigenvalue weighted by Crippen LogP contribution is -1.96. The van der Waals surface area contributed by atoms with E-state index in [9.17, 15) is 4.79 Å². The molecule has 0 heterocycles. The van der Waals surface area contributed by atoms with Crippen LogP contribution < -0.4 is 0 Å². The molecule has 1 aromatic rings. The van der Waals surface area contributed by atoms with E-state index in [4.69, 9.17) is 9.84 Å². The molecule has 3 heteroatoms. The van der Waals surface area contributed by atoms with Gasteiger partial charge in [-0.25, -0.2) is 4.79 Å². The zero-order chi connectivity index (χ0) is 10.6. The van der Waals surface area contributed by atoms with E-state index in [1.807, 2.05) is 31.2 Å². The van der Waals surface area contributed by atoms with E-state index >= 15 is 0 Å². The van der Waals surface area contributed by atoms with E-state index in [-0.39, 0.29) is 0 Å². The second-order valence-electron chi connectivity index (χ2n) is 2.87. The van der Waals surface area contributed by atoms with Crippen LogP contribution in [0.15, 0.2) is 30.3 Å². The quantitative estimate of drug-likeness (QED) is 0.589. The topological polar surface area (TPSA) is 46.5 Å². The third kappa shape index (κ3) is 2.36. The van der Waals surface area contributed by atoms with Crippen molar-refractivity contribution in [1.82, 2.24) is 0 Å². The van der Waals surface area contributed by atoms with Crippen LogP contribution in [0, 0.1) is 6.92 Å². The first-order chi connectivity index (χ1) is 6.65. The number of ether oxygens (including phenoxy) is 1. The summed E-state index contributed by atoms with van der Waals surface area (Å²) in [4.78, 5) is 10.5. The van der Waals surface area contributed by atoms with Gasteiger partial charge in [-0.1, -0.05) is 24.3 Å². The Morgan fingerprint density at radius 2 is 2.07 bits per heavy atom. The van der Waals surface area contributed by atoms with Crippen LogP contribution >= 0.6 is 0 Å². The van der Waals surface area contributed by atoms with E-state index < -0.39 is 5.97 Å². The minimum absolute atomic E-state index is 0.371. The van der Waals surface area contributed by atoms with Gasteiger partial charge in [-0.3, -0.25) is 0 Å². The van der Waals surface area contributed by atoms with Crippen molar-refractivity contribution in [2.45, 2.75) is 6.92 Å². The van der Waals surface area contributed by atoms with Gasteiger partial charge in [-0.15, -0.1) is 0 Å². The van der Waals surface area contributed by atoms with Gasteiger partial charge in [0.15, 0.2) is 0 Å². The third-order valence-corrected chi connectivity index (χ3v) is 1.89. The third-order valence-electron chi connectivity index (χ3n) is 1.89. The summed E-state index contributed by atoms with van der Waals surface area (Å²) in [5.74, 6) is -0.638. The summed E-state index contributed by atoms with van der Waals surface area (Å²) in [7, 11) is 1.46. The molecule has 0 bridgehead atoms. The Morgan fingerprint density at radius 3 is 2.57 bits per heavy atom. The van der Waals surface area contributed by atoms with Crippen LogP contribution in [-0.2, 0) is 9.53 Å². The smallest absolute Gasteiger partial charge is 0.332 e. The fourth-order valence-electron chi connectivity index (χ4n) is 1.21.